The standard InChI is InChI=1S/C39H58N5O9P/c1-3-50-54(49,51-4-2)39-26-28(39)17-9-6-5-7-10-21-32(41-38(48)52-29-18-11-12-19-29)36(46)44-27-30(25-34(44)35(45)42-39)53-37(47)40-31-20-13-14-22-33(31)43-23-15-8-16-24-43/h9,13-14,17,20,22,28-30,32,34H,3-8,10-12,15-16,18-19,21,23-27H2,1-2H3,(H,40,47)(H,41,48)(H,42,45)/b17-9-/t28-,30-,32+,34+,39?/m1/s1. The summed E-state index contributed by atoms with van der Waals surface area (Å²) in [7, 11) is -3.85. The van der Waals surface area contributed by atoms with Crippen LogP contribution < -0.4 is 20.9 Å². The molecule has 0 spiro atoms. The van der Waals surface area contributed by atoms with E-state index in [4.69, 9.17) is 18.5 Å². The minimum atomic E-state index is -3.85. The van der Waals surface area contributed by atoms with Crippen LogP contribution in [0.1, 0.15) is 104 Å². The number of carbonyl (C=O) groups excluding carboxylic acids is 4. The second-order valence-electron chi connectivity index (χ2n) is 15.1. The van der Waals surface area contributed by atoms with E-state index >= 15 is 0 Å². The molecule has 1 aromatic rings. The van der Waals surface area contributed by atoms with Gasteiger partial charge < -0.3 is 39.0 Å². The largest absolute Gasteiger partial charge is 0.446 e. The molecule has 3 aliphatic heterocycles. The molecule has 15 heteroatoms. The van der Waals surface area contributed by atoms with Crippen molar-refractivity contribution in [1.82, 2.24) is 15.5 Å². The summed E-state index contributed by atoms with van der Waals surface area (Å²) in [6.45, 7) is 5.41. The molecular formula is C39H58N5O9P. The molecule has 4 amide bonds. The van der Waals surface area contributed by atoms with Gasteiger partial charge in [0.25, 0.3) is 0 Å². The zero-order valence-electron chi connectivity index (χ0n) is 31.8. The first-order chi connectivity index (χ1) is 26.2. The quantitative estimate of drug-likeness (QED) is 0.169. The molecule has 0 aromatic heterocycles. The second kappa shape index (κ2) is 18.3. The van der Waals surface area contributed by atoms with Crippen LogP contribution in [0.4, 0.5) is 21.0 Å². The zero-order chi connectivity index (χ0) is 38.1. The van der Waals surface area contributed by atoms with Crippen LogP contribution in [0.3, 0.4) is 0 Å². The van der Waals surface area contributed by atoms with E-state index in [1.807, 2.05) is 36.4 Å². The Kier molecular flexibility index (Phi) is 13.6. The number of fused-ring (bicyclic) bond motifs is 2. The summed E-state index contributed by atoms with van der Waals surface area (Å²) in [6, 6.07) is 5.54. The van der Waals surface area contributed by atoms with Crippen molar-refractivity contribution in [1.29, 1.82) is 0 Å². The number of nitrogens with one attached hydrogen (secondary N) is 3. The molecular weight excluding hydrogens is 713 g/mol. The van der Waals surface area contributed by atoms with Crippen molar-refractivity contribution in [2.45, 2.75) is 133 Å². The van der Waals surface area contributed by atoms with Crippen molar-refractivity contribution in [3.05, 3.63) is 36.4 Å². The molecule has 0 radical (unpaired) electrons. The maximum atomic E-state index is 14.5. The van der Waals surface area contributed by atoms with Crippen molar-refractivity contribution >= 4 is 43.0 Å². The van der Waals surface area contributed by atoms with Crippen LogP contribution in [0.25, 0.3) is 0 Å². The molecule has 5 atom stereocenters. The fourth-order valence-corrected chi connectivity index (χ4v) is 10.8. The SMILES string of the molecule is CCOP(=O)(OCC)C12C[C@H]1/C=C\CCCCC[C@H](NC(=O)OC1CCCC1)C(=O)N1C[C@H](OC(=O)Nc3ccccc3N3CCCCC3)C[C@H]1C(=O)N2. The van der Waals surface area contributed by atoms with Gasteiger partial charge in [0.1, 0.15) is 29.6 Å². The van der Waals surface area contributed by atoms with Crippen LogP contribution >= 0.6 is 7.60 Å². The fourth-order valence-electron chi connectivity index (χ4n) is 8.43. The average Bonchev–Trinajstić information content (AvgIpc) is 3.43. The van der Waals surface area contributed by atoms with Gasteiger partial charge in [-0.25, -0.2) is 9.59 Å². The van der Waals surface area contributed by atoms with Crippen molar-refractivity contribution in [2.75, 3.05) is 43.1 Å². The van der Waals surface area contributed by atoms with E-state index in [1.165, 1.54) is 11.3 Å². The number of para-hydroxylation sites is 2. The van der Waals surface area contributed by atoms with Gasteiger partial charge in [-0.15, -0.1) is 0 Å². The van der Waals surface area contributed by atoms with Crippen LogP contribution in [-0.2, 0) is 32.7 Å². The molecule has 3 heterocycles. The maximum Gasteiger partial charge on any atom is 0.412 e. The van der Waals surface area contributed by atoms with E-state index in [9.17, 15) is 23.7 Å². The second-order valence-corrected chi connectivity index (χ2v) is 17.4. The molecule has 1 aromatic carbocycles. The van der Waals surface area contributed by atoms with E-state index < -0.39 is 55.1 Å². The van der Waals surface area contributed by atoms with Crippen molar-refractivity contribution in [2.24, 2.45) is 5.92 Å². The van der Waals surface area contributed by atoms with Gasteiger partial charge in [0.05, 0.1) is 31.1 Å². The highest BCUT2D eigenvalue weighted by Crippen LogP contribution is 2.73. The number of benzene rings is 1. The molecule has 2 saturated heterocycles. The number of hydrogen-bond donors (Lipinski definition) is 3. The number of ether oxygens (including phenoxy) is 2. The Bertz CT molecular complexity index is 1550. The Balaban J connectivity index is 1.25. The number of piperidine rings is 1. The van der Waals surface area contributed by atoms with E-state index in [0.717, 1.165) is 76.6 Å². The number of allylic oxidation sites excluding steroid dienone is 1. The summed E-state index contributed by atoms with van der Waals surface area (Å²) in [5.41, 5.74) is 1.53. The number of alkyl carbamates (subject to hydrolysis) is 1. The molecule has 2 aliphatic carbocycles. The van der Waals surface area contributed by atoms with Gasteiger partial charge in [0.2, 0.25) is 11.8 Å². The van der Waals surface area contributed by atoms with Gasteiger partial charge in [0.15, 0.2) is 0 Å². The number of hydrogen-bond acceptors (Lipinski definition) is 10. The molecule has 14 nitrogen and oxygen atoms in total. The third-order valence-corrected chi connectivity index (χ3v) is 14.1. The lowest BCUT2D eigenvalue weighted by molar-refractivity contribution is -0.140. The monoisotopic (exact) mass is 771 g/mol. The number of amides is 4. The lowest BCUT2D eigenvalue weighted by Gasteiger charge is -2.32. The highest BCUT2D eigenvalue weighted by Gasteiger charge is 2.68. The third-order valence-electron chi connectivity index (χ3n) is 11.3. The first kappa shape index (κ1) is 40.1. The molecule has 3 N–H and O–H groups in total. The van der Waals surface area contributed by atoms with Crippen molar-refractivity contribution in [3.8, 4) is 0 Å². The predicted molar refractivity (Wildman–Crippen MR) is 204 cm³/mol. The first-order valence-corrected chi connectivity index (χ1v) is 21.7. The molecule has 2 saturated carbocycles. The highest BCUT2D eigenvalue weighted by atomic mass is 31.2. The Morgan fingerprint density at radius 1 is 0.889 bits per heavy atom. The van der Waals surface area contributed by atoms with Gasteiger partial charge in [0, 0.05) is 25.4 Å². The summed E-state index contributed by atoms with van der Waals surface area (Å²) in [5.74, 6) is -1.31. The normalized spacial score (nSPS) is 28.9. The smallest absolute Gasteiger partial charge is 0.412 e. The molecule has 1 unspecified atom stereocenters. The van der Waals surface area contributed by atoms with E-state index in [2.05, 4.69) is 20.9 Å². The first-order valence-electron chi connectivity index (χ1n) is 20.1. The third kappa shape index (κ3) is 9.42. The summed E-state index contributed by atoms with van der Waals surface area (Å²) in [6.07, 6.45) is 12.3. The van der Waals surface area contributed by atoms with Crippen LogP contribution in [0.15, 0.2) is 36.4 Å². The van der Waals surface area contributed by atoms with Gasteiger partial charge in [-0.3, -0.25) is 19.5 Å². The van der Waals surface area contributed by atoms with Gasteiger partial charge >= 0.3 is 19.8 Å². The Morgan fingerprint density at radius 3 is 2.31 bits per heavy atom. The minimum absolute atomic E-state index is 0.00215. The van der Waals surface area contributed by atoms with Crippen molar-refractivity contribution in [3.63, 3.8) is 0 Å². The van der Waals surface area contributed by atoms with E-state index in [0.29, 0.717) is 24.9 Å². The van der Waals surface area contributed by atoms with Gasteiger partial charge in [-0.2, -0.15) is 0 Å². The van der Waals surface area contributed by atoms with Crippen LogP contribution in [0.2, 0.25) is 0 Å². The highest BCUT2D eigenvalue weighted by molar-refractivity contribution is 7.56. The Hall–Kier alpha value is -3.61. The van der Waals surface area contributed by atoms with Crippen LogP contribution in [0, 0.1) is 5.92 Å². The lowest BCUT2D eigenvalue weighted by Crippen LogP contribution is -2.55. The lowest BCUT2D eigenvalue weighted by atomic mass is 10.0. The van der Waals surface area contributed by atoms with Gasteiger partial charge in [-0.1, -0.05) is 37.1 Å². The number of anilines is 2. The molecule has 0 bridgehead atoms. The summed E-state index contributed by atoms with van der Waals surface area (Å²) in [5, 5.41) is 7.44. The summed E-state index contributed by atoms with van der Waals surface area (Å²) >= 11 is 0. The van der Waals surface area contributed by atoms with Crippen LogP contribution in [-0.4, -0.2) is 91.3 Å². The molecule has 54 heavy (non-hydrogen) atoms. The minimum Gasteiger partial charge on any atom is -0.446 e. The predicted octanol–water partition coefficient (Wildman–Crippen LogP) is 6.85. The van der Waals surface area contributed by atoms with Gasteiger partial charge in [-0.05, 0) is 96.6 Å². The summed E-state index contributed by atoms with van der Waals surface area (Å²) in [4.78, 5) is 59.2. The van der Waals surface area contributed by atoms with E-state index in [-0.39, 0.29) is 38.2 Å². The fraction of sp³-hybridized carbons (Fsp3) is 0.692. The van der Waals surface area contributed by atoms with Crippen molar-refractivity contribution < 1.29 is 42.3 Å². The molecule has 4 fully saturated rings. The average molecular weight is 772 g/mol. The number of carbonyl (C=O) groups is 4. The van der Waals surface area contributed by atoms with Crippen LogP contribution in [0.5, 0.6) is 0 Å². The molecule has 6 rings (SSSR count). The molecule has 5 aliphatic rings. The Labute approximate surface area is 318 Å². The maximum absolute atomic E-state index is 14.5. The zero-order valence-corrected chi connectivity index (χ0v) is 32.7. The number of nitrogens with zero attached hydrogens (tertiary/aromatic N) is 2. The Morgan fingerprint density at radius 2 is 1.57 bits per heavy atom. The summed E-state index contributed by atoms with van der Waals surface area (Å²) < 4.78 is 37.5. The topological polar surface area (TPSA) is 165 Å². The van der Waals surface area contributed by atoms with E-state index in [1.54, 1.807) is 13.8 Å². The molecule has 298 valence electrons. The number of rotatable bonds is 10.